The Labute approximate surface area is 95.7 Å². The lowest BCUT2D eigenvalue weighted by Gasteiger charge is -2.37. The lowest BCUT2D eigenvalue weighted by Crippen LogP contribution is -2.34. The second-order valence-corrected chi connectivity index (χ2v) is 4.24. The van der Waals surface area contributed by atoms with Crippen LogP contribution in [0.3, 0.4) is 0 Å². The fourth-order valence-corrected chi connectivity index (χ4v) is 2.13. The van der Waals surface area contributed by atoms with Gasteiger partial charge in [0.15, 0.2) is 0 Å². The normalized spacial score (nSPS) is 18.3. The van der Waals surface area contributed by atoms with Crippen LogP contribution in [-0.2, 0) is 11.6 Å². The molecule has 5 heteroatoms. The van der Waals surface area contributed by atoms with Crippen molar-refractivity contribution >= 4 is 0 Å². The number of hydrogen-bond donors (Lipinski definition) is 0. The smallest absolute Gasteiger partial charge is 0.207 e. The summed E-state index contributed by atoms with van der Waals surface area (Å²) in [6, 6.07) is 4.23. The quantitative estimate of drug-likeness (QED) is 0.688. The molecule has 17 heavy (non-hydrogen) atoms. The van der Waals surface area contributed by atoms with Crippen LogP contribution in [-0.4, -0.2) is 0 Å². The molecule has 0 spiro atoms. The molecule has 2 rings (SSSR count). The van der Waals surface area contributed by atoms with Crippen LogP contribution in [0.2, 0.25) is 0 Å². The highest BCUT2D eigenvalue weighted by Crippen LogP contribution is 2.47. The van der Waals surface area contributed by atoms with Crippen LogP contribution in [0.5, 0.6) is 0 Å². The Balaban J connectivity index is 2.60. The molecule has 1 saturated carbocycles. The van der Waals surface area contributed by atoms with Gasteiger partial charge in [-0.25, -0.2) is 4.39 Å². The maximum Gasteiger partial charge on any atom is 0.416 e. The van der Waals surface area contributed by atoms with E-state index in [1.807, 2.05) is 6.07 Å². The van der Waals surface area contributed by atoms with E-state index in [1.54, 1.807) is 0 Å². The van der Waals surface area contributed by atoms with Gasteiger partial charge in [-0.05, 0) is 43.0 Å². The van der Waals surface area contributed by atoms with Crippen molar-refractivity contribution in [3.05, 3.63) is 35.1 Å². The molecule has 0 aliphatic heterocycles. The zero-order valence-corrected chi connectivity index (χ0v) is 8.81. The molecule has 0 atom stereocenters. The molecule has 0 bridgehead atoms. The summed E-state index contributed by atoms with van der Waals surface area (Å²) in [5.74, 6) is -0.741. The van der Waals surface area contributed by atoms with E-state index in [4.69, 9.17) is 5.26 Å². The molecular formula is C12H9F4N. The van der Waals surface area contributed by atoms with E-state index in [1.165, 1.54) is 0 Å². The third kappa shape index (κ3) is 1.88. The van der Waals surface area contributed by atoms with Crippen LogP contribution in [0.4, 0.5) is 17.6 Å². The Kier molecular flexibility index (Phi) is 2.61. The van der Waals surface area contributed by atoms with E-state index in [-0.39, 0.29) is 5.56 Å². The molecule has 1 fully saturated rings. The van der Waals surface area contributed by atoms with Gasteiger partial charge in [0.2, 0.25) is 0 Å². The molecular weight excluding hydrogens is 234 g/mol. The van der Waals surface area contributed by atoms with Gasteiger partial charge in [-0.15, -0.1) is 0 Å². The van der Waals surface area contributed by atoms with Crippen molar-refractivity contribution in [1.29, 1.82) is 5.26 Å². The van der Waals surface area contributed by atoms with Crippen LogP contribution < -0.4 is 0 Å². The Hall–Kier alpha value is -1.57. The second-order valence-electron chi connectivity index (χ2n) is 4.24. The fraction of sp³-hybridized carbons (Fsp3) is 0.417. The van der Waals surface area contributed by atoms with Gasteiger partial charge in [0.1, 0.15) is 5.82 Å². The monoisotopic (exact) mass is 243 g/mol. The maximum absolute atomic E-state index is 13.1. The van der Waals surface area contributed by atoms with Crippen molar-refractivity contribution in [2.75, 3.05) is 0 Å². The number of benzene rings is 1. The Morgan fingerprint density at radius 2 is 1.88 bits per heavy atom. The molecule has 0 heterocycles. The molecule has 0 unspecified atom stereocenters. The SMILES string of the molecule is N#CC1(c2cc(F)ccc2C(F)(F)F)CCC1. The van der Waals surface area contributed by atoms with Crippen LogP contribution in [0.1, 0.15) is 30.4 Å². The van der Waals surface area contributed by atoms with Crippen LogP contribution >= 0.6 is 0 Å². The number of rotatable bonds is 1. The summed E-state index contributed by atoms with van der Waals surface area (Å²) in [5, 5.41) is 9.03. The molecule has 0 saturated heterocycles. The van der Waals surface area contributed by atoms with E-state index in [2.05, 4.69) is 0 Å². The van der Waals surface area contributed by atoms with E-state index in [0.29, 0.717) is 25.3 Å². The molecule has 1 aromatic rings. The number of nitriles is 1. The van der Waals surface area contributed by atoms with Gasteiger partial charge in [-0.3, -0.25) is 0 Å². The molecule has 1 aliphatic carbocycles. The summed E-state index contributed by atoms with van der Waals surface area (Å²) in [4.78, 5) is 0. The third-order valence-corrected chi connectivity index (χ3v) is 3.22. The van der Waals surface area contributed by atoms with Gasteiger partial charge < -0.3 is 0 Å². The van der Waals surface area contributed by atoms with Crippen molar-refractivity contribution in [2.45, 2.75) is 30.9 Å². The third-order valence-electron chi connectivity index (χ3n) is 3.22. The van der Waals surface area contributed by atoms with Gasteiger partial charge >= 0.3 is 6.18 Å². The zero-order valence-electron chi connectivity index (χ0n) is 8.81. The minimum absolute atomic E-state index is 0.223. The van der Waals surface area contributed by atoms with Crippen molar-refractivity contribution in [3.8, 4) is 6.07 Å². The van der Waals surface area contributed by atoms with Crippen molar-refractivity contribution in [2.24, 2.45) is 0 Å². The molecule has 0 N–H and O–H groups in total. The summed E-state index contributed by atoms with van der Waals surface area (Å²) in [5.41, 5.74) is -2.29. The lowest BCUT2D eigenvalue weighted by atomic mass is 9.64. The fourth-order valence-electron chi connectivity index (χ4n) is 2.13. The average Bonchev–Trinajstić information content (AvgIpc) is 2.15. The summed E-state index contributed by atoms with van der Waals surface area (Å²) in [6.07, 6.45) is -3.14. The average molecular weight is 243 g/mol. The van der Waals surface area contributed by atoms with E-state index in [0.717, 1.165) is 12.1 Å². The van der Waals surface area contributed by atoms with Gasteiger partial charge in [0.05, 0.1) is 17.0 Å². The summed E-state index contributed by atoms with van der Waals surface area (Å²) >= 11 is 0. The first-order valence-electron chi connectivity index (χ1n) is 5.17. The first-order valence-corrected chi connectivity index (χ1v) is 5.17. The summed E-state index contributed by atoms with van der Waals surface area (Å²) < 4.78 is 51.4. The van der Waals surface area contributed by atoms with Crippen LogP contribution in [0.15, 0.2) is 18.2 Å². The van der Waals surface area contributed by atoms with E-state index < -0.39 is 23.0 Å². The largest absolute Gasteiger partial charge is 0.416 e. The molecule has 0 amide bonds. The maximum atomic E-state index is 13.1. The molecule has 0 radical (unpaired) electrons. The van der Waals surface area contributed by atoms with Gasteiger partial charge in [-0.1, -0.05) is 0 Å². The highest BCUT2D eigenvalue weighted by molar-refractivity contribution is 5.43. The minimum Gasteiger partial charge on any atom is -0.207 e. The highest BCUT2D eigenvalue weighted by Gasteiger charge is 2.45. The van der Waals surface area contributed by atoms with Crippen molar-refractivity contribution in [3.63, 3.8) is 0 Å². The van der Waals surface area contributed by atoms with Crippen LogP contribution in [0, 0.1) is 17.1 Å². The number of halogens is 4. The number of hydrogen-bond acceptors (Lipinski definition) is 1. The molecule has 90 valence electrons. The Bertz CT molecular complexity index is 480. The highest BCUT2D eigenvalue weighted by atomic mass is 19.4. The van der Waals surface area contributed by atoms with Crippen LogP contribution in [0.25, 0.3) is 0 Å². The number of nitrogens with zero attached hydrogens (tertiary/aromatic N) is 1. The predicted molar refractivity (Wildman–Crippen MR) is 52.5 cm³/mol. The molecule has 0 aromatic heterocycles. The standard InChI is InChI=1S/C12H9F4N/c13-8-2-3-9(12(14,15)16)10(6-8)11(7-17)4-1-5-11/h2-3,6H,1,4-5H2. The van der Waals surface area contributed by atoms with Crippen molar-refractivity contribution in [1.82, 2.24) is 0 Å². The summed E-state index contributed by atoms with van der Waals surface area (Å²) in [6.45, 7) is 0. The molecule has 1 aliphatic rings. The van der Waals surface area contributed by atoms with E-state index >= 15 is 0 Å². The lowest BCUT2D eigenvalue weighted by molar-refractivity contribution is -0.138. The van der Waals surface area contributed by atoms with Gasteiger partial charge in [0.25, 0.3) is 0 Å². The first kappa shape index (κ1) is 11.9. The predicted octanol–water partition coefficient (Wildman–Crippen LogP) is 3.79. The van der Waals surface area contributed by atoms with Crippen molar-refractivity contribution < 1.29 is 17.6 Å². The van der Waals surface area contributed by atoms with Gasteiger partial charge in [0, 0.05) is 0 Å². The van der Waals surface area contributed by atoms with Gasteiger partial charge in [-0.2, -0.15) is 18.4 Å². The summed E-state index contributed by atoms with van der Waals surface area (Å²) in [7, 11) is 0. The number of alkyl halides is 3. The molecule has 1 nitrogen and oxygen atoms in total. The van der Waals surface area contributed by atoms with E-state index in [9.17, 15) is 17.6 Å². The Morgan fingerprint density at radius 3 is 2.29 bits per heavy atom. The minimum atomic E-state index is -4.55. The first-order chi connectivity index (χ1) is 7.89. The second kappa shape index (κ2) is 3.73. The Morgan fingerprint density at radius 1 is 1.24 bits per heavy atom. The molecule has 1 aromatic carbocycles. The zero-order chi connectivity index (χ0) is 12.7. The topological polar surface area (TPSA) is 23.8 Å².